The van der Waals surface area contributed by atoms with Crippen LogP contribution in [-0.2, 0) is 4.74 Å². The van der Waals surface area contributed by atoms with Crippen LogP contribution in [0, 0.1) is 13.8 Å². The van der Waals surface area contributed by atoms with E-state index in [4.69, 9.17) is 4.74 Å². The smallest absolute Gasteiger partial charge is 0.409 e. The average molecular weight is 398 g/mol. The monoisotopic (exact) mass is 397 g/mol. The summed E-state index contributed by atoms with van der Waals surface area (Å²) < 4.78 is 5.18. The van der Waals surface area contributed by atoms with E-state index in [1.54, 1.807) is 0 Å². The zero-order chi connectivity index (χ0) is 19.7. The summed E-state index contributed by atoms with van der Waals surface area (Å²) in [6.07, 6.45) is -0.200. The Balaban J connectivity index is 1.68. The van der Waals surface area contributed by atoms with E-state index in [0.29, 0.717) is 19.7 Å². The van der Waals surface area contributed by atoms with Crippen molar-refractivity contribution in [2.45, 2.75) is 26.8 Å². The summed E-state index contributed by atoms with van der Waals surface area (Å²) in [7, 11) is 0. The van der Waals surface area contributed by atoms with E-state index >= 15 is 0 Å². The van der Waals surface area contributed by atoms with Crippen LogP contribution in [0.3, 0.4) is 0 Å². The third kappa shape index (κ3) is 3.54. The number of hydrogen-bond donors (Lipinski definition) is 1. The second kappa shape index (κ2) is 7.97. The normalized spacial score (nSPS) is 16.5. The molecule has 3 heterocycles. The Hall–Kier alpha value is -2.31. The van der Waals surface area contributed by atoms with Gasteiger partial charge in [0.25, 0.3) is 0 Å². The van der Waals surface area contributed by atoms with Crippen LogP contribution in [-0.4, -0.2) is 53.7 Å². The predicted octanol–water partition coefficient (Wildman–Crippen LogP) is 4.71. The average Bonchev–Trinajstić information content (AvgIpc) is 3.26. The number of ether oxygens (including phenoxy) is 1. The lowest BCUT2D eigenvalue weighted by Crippen LogP contribution is -2.50. The largest absolute Gasteiger partial charge is 0.450 e. The Morgan fingerprint density at radius 2 is 1.89 bits per heavy atom. The molecule has 148 valence electrons. The van der Waals surface area contributed by atoms with Gasteiger partial charge in [-0.15, -0.1) is 11.3 Å². The van der Waals surface area contributed by atoms with Gasteiger partial charge in [0, 0.05) is 58.1 Å². The highest BCUT2D eigenvalue weighted by Gasteiger charge is 2.31. The summed E-state index contributed by atoms with van der Waals surface area (Å²) in [5, 5.41) is 1.28. The lowest BCUT2D eigenvalue weighted by molar-refractivity contribution is 0.0720. The first-order valence-electron chi connectivity index (χ1n) is 9.87. The number of carbonyl (C=O) groups excluding carboxylic acids is 1. The molecule has 0 aliphatic carbocycles. The molecule has 1 saturated heterocycles. The number of aryl methyl sites for hydroxylation is 2. The fourth-order valence-electron chi connectivity index (χ4n) is 4.13. The quantitative estimate of drug-likeness (QED) is 0.694. The molecule has 0 bridgehead atoms. The fraction of sp³-hybridized carbons (Fsp3) is 0.409. The zero-order valence-electron chi connectivity index (χ0n) is 16.7. The maximum Gasteiger partial charge on any atom is 0.409 e. The number of piperazine rings is 1. The Kier molecular flexibility index (Phi) is 5.42. The molecule has 3 aromatic rings. The van der Waals surface area contributed by atoms with Gasteiger partial charge < -0.3 is 14.6 Å². The maximum atomic E-state index is 12.1. The first-order chi connectivity index (χ1) is 13.6. The number of carbonyl (C=O) groups is 1. The molecule has 4 rings (SSSR count). The number of H-pyrrole nitrogens is 1. The summed E-state index contributed by atoms with van der Waals surface area (Å²) in [5.41, 5.74) is 3.74. The third-order valence-electron chi connectivity index (χ3n) is 5.45. The van der Waals surface area contributed by atoms with Crippen LogP contribution in [0.1, 0.15) is 34.0 Å². The predicted molar refractivity (Wildman–Crippen MR) is 114 cm³/mol. The zero-order valence-corrected chi connectivity index (χ0v) is 17.5. The lowest BCUT2D eigenvalue weighted by atomic mass is 9.99. The number of thiophene rings is 1. The molecule has 1 fully saturated rings. The minimum atomic E-state index is -0.200. The van der Waals surface area contributed by atoms with Gasteiger partial charge in [0.1, 0.15) is 0 Å². The number of para-hydroxylation sites is 1. The van der Waals surface area contributed by atoms with E-state index in [1.807, 2.05) is 23.2 Å². The Morgan fingerprint density at radius 1 is 1.14 bits per heavy atom. The Labute approximate surface area is 169 Å². The SMILES string of the molecule is CCOC(=O)N1CCN(C(c2ccc(C)s2)c2c(C)[nH]c3ccccc23)CC1. The highest BCUT2D eigenvalue weighted by molar-refractivity contribution is 7.12. The van der Waals surface area contributed by atoms with Crippen LogP contribution >= 0.6 is 11.3 Å². The number of aromatic nitrogens is 1. The van der Waals surface area contributed by atoms with Gasteiger partial charge in [-0.25, -0.2) is 4.79 Å². The topological polar surface area (TPSA) is 48.6 Å². The van der Waals surface area contributed by atoms with E-state index < -0.39 is 0 Å². The van der Waals surface area contributed by atoms with Crippen LogP contribution in [0.25, 0.3) is 10.9 Å². The highest BCUT2D eigenvalue weighted by atomic mass is 32.1. The number of rotatable bonds is 4. The maximum absolute atomic E-state index is 12.1. The van der Waals surface area contributed by atoms with Crippen LogP contribution in [0.5, 0.6) is 0 Å². The molecule has 2 aromatic heterocycles. The number of aromatic amines is 1. The second-order valence-corrected chi connectivity index (χ2v) is 8.60. The lowest BCUT2D eigenvalue weighted by Gasteiger charge is -2.38. The summed E-state index contributed by atoms with van der Waals surface area (Å²) in [5.74, 6) is 0. The molecule has 1 amide bonds. The molecule has 6 heteroatoms. The molecule has 28 heavy (non-hydrogen) atoms. The number of fused-ring (bicyclic) bond motifs is 1. The van der Waals surface area contributed by atoms with Crippen molar-refractivity contribution < 1.29 is 9.53 Å². The van der Waals surface area contributed by atoms with Crippen LogP contribution < -0.4 is 0 Å². The molecular weight excluding hydrogens is 370 g/mol. The van der Waals surface area contributed by atoms with Crippen LogP contribution in [0.15, 0.2) is 36.4 Å². The molecule has 1 aliphatic rings. The van der Waals surface area contributed by atoms with Crippen molar-refractivity contribution in [3.05, 3.63) is 57.4 Å². The van der Waals surface area contributed by atoms with Crippen LogP contribution in [0.2, 0.25) is 0 Å². The van der Waals surface area contributed by atoms with Crippen molar-refractivity contribution in [3.63, 3.8) is 0 Å². The van der Waals surface area contributed by atoms with Crippen molar-refractivity contribution in [1.29, 1.82) is 0 Å². The molecule has 1 N–H and O–H groups in total. The van der Waals surface area contributed by atoms with Crippen molar-refractivity contribution in [2.75, 3.05) is 32.8 Å². The summed E-state index contributed by atoms with van der Waals surface area (Å²) in [6, 6.07) is 13.2. The molecule has 1 aromatic carbocycles. The van der Waals surface area contributed by atoms with Gasteiger partial charge in [0.05, 0.1) is 12.6 Å². The number of amides is 1. The van der Waals surface area contributed by atoms with Gasteiger partial charge in [-0.2, -0.15) is 0 Å². The minimum Gasteiger partial charge on any atom is -0.450 e. The van der Waals surface area contributed by atoms with Gasteiger partial charge in [-0.05, 0) is 39.0 Å². The standard InChI is InChI=1S/C22H27N3O2S/c1-4-27-22(26)25-13-11-24(12-14-25)21(19-10-9-15(2)28-19)20-16(3)23-18-8-6-5-7-17(18)20/h5-10,21,23H,4,11-14H2,1-3H3. The van der Waals surface area contributed by atoms with Gasteiger partial charge in [0.15, 0.2) is 0 Å². The Bertz CT molecular complexity index is 969. The summed E-state index contributed by atoms with van der Waals surface area (Å²) >= 11 is 1.86. The van der Waals surface area contributed by atoms with Crippen LogP contribution in [0.4, 0.5) is 4.79 Å². The van der Waals surface area contributed by atoms with Gasteiger partial charge >= 0.3 is 6.09 Å². The molecular formula is C22H27N3O2S. The van der Waals surface area contributed by atoms with Gasteiger partial charge in [-0.3, -0.25) is 4.90 Å². The van der Waals surface area contributed by atoms with Crippen molar-refractivity contribution >= 4 is 28.3 Å². The summed E-state index contributed by atoms with van der Waals surface area (Å²) in [6.45, 7) is 9.65. The summed E-state index contributed by atoms with van der Waals surface area (Å²) in [4.78, 5) is 22.6. The van der Waals surface area contributed by atoms with E-state index in [1.165, 1.54) is 31.9 Å². The minimum absolute atomic E-state index is 0.194. The number of hydrogen-bond acceptors (Lipinski definition) is 4. The fourth-order valence-corrected chi connectivity index (χ4v) is 5.16. The molecule has 1 unspecified atom stereocenters. The van der Waals surface area contributed by atoms with Crippen molar-refractivity contribution in [1.82, 2.24) is 14.8 Å². The second-order valence-electron chi connectivity index (χ2n) is 7.28. The van der Waals surface area contributed by atoms with E-state index in [9.17, 15) is 4.79 Å². The third-order valence-corrected chi connectivity index (χ3v) is 6.51. The molecule has 0 radical (unpaired) electrons. The highest BCUT2D eigenvalue weighted by Crippen LogP contribution is 2.39. The number of nitrogens with one attached hydrogen (secondary N) is 1. The van der Waals surface area contributed by atoms with Crippen molar-refractivity contribution in [3.8, 4) is 0 Å². The molecule has 5 nitrogen and oxygen atoms in total. The van der Waals surface area contributed by atoms with Gasteiger partial charge in [-0.1, -0.05) is 18.2 Å². The van der Waals surface area contributed by atoms with E-state index in [0.717, 1.165) is 13.1 Å². The number of nitrogens with zero attached hydrogens (tertiary/aromatic N) is 2. The molecule has 1 aliphatic heterocycles. The molecule has 0 spiro atoms. The molecule has 0 saturated carbocycles. The van der Waals surface area contributed by atoms with Gasteiger partial charge in [0.2, 0.25) is 0 Å². The first-order valence-corrected chi connectivity index (χ1v) is 10.7. The first kappa shape index (κ1) is 19.0. The van der Waals surface area contributed by atoms with E-state index in [-0.39, 0.29) is 12.1 Å². The van der Waals surface area contributed by atoms with Crippen molar-refractivity contribution in [2.24, 2.45) is 0 Å². The Morgan fingerprint density at radius 3 is 2.57 bits per heavy atom. The van der Waals surface area contributed by atoms with E-state index in [2.05, 4.69) is 60.1 Å². The number of benzene rings is 1. The molecule has 1 atom stereocenters.